The van der Waals surface area contributed by atoms with E-state index in [-0.39, 0.29) is 40.5 Å². The molecule has 2 heterocycles. The van der Waals surface area contributed by atoms with E-state index in [1.54, 1.807) is 11.0 Å². The number of anilines is 4. The third kappa shape index (κ3) is 4.83. The van der Waals surface area contributed by atoms with Crippen molar-refractivity contribution in [1.29, 1.82) is 0 Å². The van der Waals surface area contributed by atoms with Gasteiger partial charge >= 0.3 is 0 Å². The number of fused-ring (bicyclic) bond motifs is 1. The van der Waals surface area contributed by atoms with Crippen molar-refractivity contribution in [2.75, 3.05) is 15.5 Å². The molecule has 40 heavy (non-hydrogen) atoms. The third-order valence-corrected chi connectivity index (χ3v) is 7.30. The number of furan rings is 1. The first-order chi connectivity index (χ1) is 18.9. The van der Waals surface area contributed by atoms with E-state index in [2.05, 4.69) is 24.5 Å². The minimum Gasteiger partial charge on any atom is -0.464 e. The van der Waals surface area contributed by atoms with Gasteiger partial charge in [0.15, 0.2) is 0 Å². The van der Waals surface area contributed by atoms with Gasteiger partial charge in [0.1, 0.15) is 28.7 Å². The van der Waals surface area contributed by atoms with Gasteiger partial charge in [-0.3, -0.25) is 14.4 Å². The molecule has 8 heteroatoms. The Morgan fingerprint density at radius 1 is 0.950 bits per heavy atom. The summed E-state index contributed by atoms with van der Waals surface area (Å²) in [6.45, 7) is 12.3. The minimum absolute atomic E-state index is 0.0422. The van der Waals surface area contributed by atoms with E-state index in [9.17, 15) is 14.4 Å². The topological polar surface area (TPSA) is 91.6 Å². The second-order valence-corrected chi connectivity index (χ2v) is 12.0. The summed E-state index contributed by atoms with van der Waals surface area (Å²) in [4.78, 5) is 40.8. The van der Waals surface area contributed by atoms with Gasteiger partial charge < -0.3 is 20.0 Å². The molecule has 1 amide bonds. The van der Waals surface area contributed by atoms with Crippen LogP contribution in [0.2, 0.25) is 0 Å². The lowest BCUT2D eigenvalue weighted by Crippen LogP contribution is -2.39. The number of hydrogen-bond acceptors (Lipinski definition) is 6. The number of aryl methyl sites for hydroxylation is 1. The molecular formula is C32H34FN3O4. The third-order valence-electron chi connectivity index (χ3n) is 7.30. The maximum Gasteiger partial charge on any atom is 0.261 e. The Hall–Kier alpha value is -4.20. The van der Waals surface area contributed by atoms with Gasteiger partial charge in [-0.05, 0) is 60.1 Å². The van der Waals surface area contributed by atoms with E-state index in [4.69, 9.17) is 4.42 Å². The zero-order valence-electron chi connectivity index (χ0n) is 23.6. The molecule has 0 bridgehead atoms. The van der Waals surface area contributed by atoms with E-state index < -0.39 is 22.7 Å². The minimum atomic E-state index is -0.771. The number of amides is 1. The van der Waals surface area contributed by atoms with Crippen LogP contribution in [0.15, 0.2) is 62.5 Å². The summed E-state index contributed by atoms with van der Waals surface area (Å²) in [5.74, 6) is 0.673. The number of nitrogens with one attached hydrogen (secondary N) is 2. The van der Waals surface area contributed by atoms with Crippen molar-refractivity contribution in [1.82, 2.24) is 0 Å². The van der Waals surface area contributed by atoms with Gasteiger partial charge in [0.25, 0.3) is 16.8 Å². The first-order valence-electron chi connectivity index (χ1n) is 13.5. The smallest absolute Gasteiger partial charge is 0.261 e. The Morgan fingerprint density at radius 2 is 1.65 bits per heavy atom. The van der Waals surface area contributed by atoms with Crippen molar-refractivity contribution in [2.45, 2.75) is 60.5 Å². The fourth-order valence-corrected chi connectivity index (χ4v) is 5.32. The van der Waals surface area contributed by atoms with E-state index >= 15 is 4.39 Å². The average molecular weight is 544 g/mol. The van der Waals surface area contributed by atoms with Gasteiger partial charge in [-0.2, -0.15) is 0 Å². The average Bonchev–Trinajstić information content (AvgIpc) is 3.46. The van der Waals surface area contributed by atoms with Crippen LogP contribution < -0.4 is 26.4 Å². The van der Waals surface area contributed by atoms with Gasteiger partial charge in [-0.25, -0.2) is 4.39 Å². The Bertz CT molecular complexity index is 1670. The molecule has 1 aromatic heterocycles. The first-order valence-corrected chi connectivity index (χ1v) is 13.5. The van der Waals surface area contributed by atoms with Gasteiger partial charge in [0.05, 0.1) is 23.8 Å². The molecular weight excluding hydrogens is 509 g/mol. The van der Waals surface area contributed by atoms with Gasteiger partial charge in [0.2, 0.25) is 0 Å². The number of rotatable bonds is 8. The van der Waals surface area contributed by atoms with Crippen LogP contribution in [0.5, 0.6) is 0 Å². The number of carbonyl (C=O) groups excluding carboxylic acids is 1. The van der Waals surface area contributed by atoms with Crippen LogP contribution in [-0.2, 0) is 13.0 Å². The van der Waals surface area contributed by atoms with Crippen LogP contribution in [0.4, 0.5) is 27.1 Å². The molecule has 208 valence electrons. The summed E-state index contributed by atoms with van der Waals surface area (Å²) >= 11 is 0. The maximum absolute atomic E-state index is 15.3. The molecule has 0 saturated carbocycles. The second kappa shape index (κ2) is 10.1. The highest BCUT2D eigenvalue weighted by molar-refractivity contribution is 6.14. The molecule has 0 unspecified atom stereocenters. The number of hydrogen-bond donors (Lipinski definition) is 2. The Labute approximate surface area is 232 Å². The van der Waals surface area contributed by atoms with Crippen molar-refractivity contribution in [3.05, 3.63) is 103 Å². The predicted octanol–water partition coefficient (Wildman–Crippen LogP) is 6.62. The van der Waals surface area contributed by atoms with E-state index in [1.807, 2.05) is 64.1 Å². The van der Waals surface area contributed by atoms with Crippen molar-refractivity contribution in [3.8, 4) is 0 Å². The standard InChI is InChI=1S/C32H34FN3O4/c1-17(2)15-19-9-7-8-10-22(19)36-16-20-12-13-21(33)25(24(20)31(36)39)34-26-27(29(38)28(26)37)35-30(32(4,5)6)23-14-11-18(3)40-23/h7-14,17,30,34-35H,15-16H2,1-6H3/t30-/m0/s1. The van der Waals surface area contributed by atoms with E-state index in [1.165, 1.54) is 6.07 Å². The summed E-state index contributed by atoms with van der Waals surface area (Å²) in [7, 11) is 0. The van der Waals surface area contributed by atoms with Gasteiger partial charge in [-0.1, -0.05) is 58.9 Å². The Kier molecular flexibility index (Phi) is 6.90. The van der Waals surface area contributed by atoms with Crippen LogP contribution in [0, 0.1) is 24.1 Å². The quantitative estimate of drug-likeness (QED) is 0.243. The highest BCUT2D eigenvalue weighted by Gasteiger charge is 2.36. The SMILES string of the molecule is Cc1ccc([C@H](Nc2c(Nc3c(F)ccc4c3C(=O)N(c3ccccc3CC(C)C)C4)c(=O)c2=O)C(C)(C)C)o1. The van der Waals surface area contributed by atoms with Crippen molar-refractivity contribution in [3.63, 3.8) is 0 Å². The van der Waals surface area contributed by atoms with Crippen LogP contribution in [0.3, 0.4) is 0 Å². The summed E-state index contributed by atoms with van der Waals surface area (Å²) in [6.07, 6.45) is 0.790. The van der Waals surface area contributed by atoms with Crippen molar-refractivity contribution in [2.24, 2.45) is 11.3 Å². The number of halogens is 1. The zero-order valence-corrected chi connectivity index (χ0v) is 23.6. The molecule has 2 N–H and O–H groups in total. The predicted molar refractivity (Wildman–Crippen MR) is 156 cm³/mol. The molecule has 1 aliphatic rings. The van der Waals surface area contributed by atoms with Crippen molar-refractivity contribution < 1.29 is 13.6 Å². The van der Waals surface area contributed by atoms with Gasteiger partial charge in [0, 0.05) is 5.69 Å². The first kappa shape index (κ1) is 27.4. The number of benzene rings is 2. The van der Waals surface area contributed by atoms with Gasteiger partial charge in [-0.15, -0.1) is 0 Å². The highest BCUT2D eigenvalue weighted by atomic mass is 19.1. The molecule has 7 nitrogen and oxygen atoms in total. The monoisotopic (exact) mass is 543 g/mol. The Balaban J connectivity index is 1.50. The molecule has 0 saturated heterocycles. The molecule has 0 aliphatic carbocycles. The van der Waals surface area contributed by atoms with Crippen LogP contribution in [0.1, 0.15) is 73.7 Å². The largest absolute Gasteiger partial charge is 0.464 e. The fraction of sp³-hybridized carbons (Fsp3) is 0.344. The molecule has 1 atom stereocenters. The van der Waals surface area contributed by atoms with Crippen LogP contribution in [0.25, 0.3) is 0 Å². The molecule has 3 aromatic carbocycles. The molecule has 1 aliphatic heterocycles. The van der Waals surface area contributed by atoms with E-state index in [0.29, 0.717) is 23.0 Å². The Morgan fingerprint density at radius 3 is 2.30 bits per heavy atom. The van der Waals surface area contributed by atoms with E-state index in [0.717, 1.165) is 17.7 Å². The normalized spacial score (nSPS) is 14.2. The maximum atomic E-state index is 15.3. The molecule has 4 aromatic rings. The number of nitrogens with zero attached hydrogens (tertiary/aromatic N) is 1. The summed E-state index contributed by atoms with van der Waals surface area (Å²) in [5, 5.41) is 6.00. The fourth-order valence-electron chi connectivity index (χ4n) is 5.32. The zero-order chi connectivity index (χ0) is 28.9. The molecule has 5 rings (SSSR count). The lowest BCUT2D eigenvalue weighted by atomic mass is 9.85. The highest BCUT2D eigenvalue weighted by Crippen LogP contribution is 2.40. The number of para-hydroxylation sites is 1. The van der Waals surface area contributed by atoms with Crippen LogP contribution in [-0.4, -0.2) is 5.91 Å². The summed E-state index contributed by atoms with van der Waals surface area (Å²) in [5.41, 5.74) is 0.610. The van der Waals surface area contributed by atoms with Crippen molar-refractivity contribution >= 4 is 28.7 Å². The molecule has 0 radical (unpaired) electrons. The van der Waals surface area contributed by atoms with Crippen LogP contribution >= 0.6 is 0 Å². The molecule has 0 fully saturated rings. The summed E-state index contributed by atoms with van der Waals surface area (Å²) < 4.78 is 21.1. The lowest BCUT2D eigenvalue weighted by molar-refractivity contribution is 0.0997. The second-order valence-electron chi connectivity index (χ2n) is 12.0. The lowest BCUT2D eigenvalue weighted by Gasteiger charge is -2.31. The molecule has 0 spiro atoms. The summed E-state index contributed by atoms with van der Waals surface area (Å²) in [6, 6.07) is 13.8. The number of carbonyl (C=O) groups is 1.